The molecular weight excluding hydrogens is 386 g/mol. The van der Waals surface area contributed by atoms with E-state index in [1.165, 1.54) is 6.33 Å². The van der Waals surface area contributed by atoms with Crippen LogP contribution in [-0.2, 0) is 0 Å². The second-order valence-electron chi connectivity index (χ2n) is 7.95. The van der Waals surface area contributed by atoms with E-state index in [4.69, 9.17) is 4.98 Å². The minimum absolute atomic E-state index is 0.0321. The number of likely N-dealkylation sites (tertiary alicyclic amines) is 1. The number of aromatic nitrogens is 4. The zero-order valence-corrected chi connectivity index (χ0v) is 17.4. The van der Waals surface area contributed by atoms with Crippen molar-refractivity contribution in [2.24, 2.45) is 0 Å². The summed E-state index contributed by atoms with van der Waals surface area (Å²) in [7, 11) is 0. The van der Waals surface area contributed by atoms with Crippen molar-refractivity contribution in [1.82, 2.24) is 24.8 Å². The molecule has 31 heavy (non-hydrogen) atoms. The maximum absolute atomic E-state index is 13.9. The normalized spacial score (nSPS) is 16.4. The highest BCUT2D eigenvalue weighted by Crippen LogP contribution is 2.34. The molecule has 4 aromatic rings. The number of hydrogen-bond donors (Lipinski definition) is 0. The van der Waals surface area contributed by atoms with Crippen LogP contribution in [0.15, 0.2) is 67.5 Å². The second kappa shape index (κ2) is 8.22. The molecule has 1 aliphatic rings. The average molecular weight is 409 g/mol. The van der Waals surface area contributed by atoms with Gasteiger partial charge in [-0.3, -0.25) is 9.78 Å². The molecule has 154 valence electrons. The summed E-state index contributed by atoms with van der Waals surface area (Å²) < 4.78 is 0. The number of rotatable bonds is 3. The van der Waals surface area contributed by atoms with Gasteiger partial charge in [0.1, 0.15) is 6.33 Å². The van der Waals surface area contributed by atoms with Gasteiger partial charge in [0.2, 0.25) is 0 Å². The first-order valence-corrected chi connectivity index (χ1v) is 10.6. The van der Waals surface area contributed by atoms with Crippen LogP contribution in [0, 0.1) is 6.92 Å². The van der Waals surface area contributed by atoms with Crippen LogP contribution in [0.4, 0.5) is 0 Å². The number of benzene rings is 1. The summed E-state index contributed by atoms with van der Waals surface area (Å²) in [5.41, 5.74) is 5.13. The zero-order valence-electron chi connectivity index (χ0n) is 17.4. The van der Waals surface area contributed by atoms with Crippen molar-refractivity contribution in [3.63, 3.8) is 0 Å². The van der Waals surface area contributed by atoms with Crippen molar-refractivity contribution in [2.45, 2.75) is 32.2 Å². The van der Waals surface area contributed by atoms with Crippen LogP contribution in [0.2, 0.25) is 0 Å². The van der Waals surface area contributed by atoms with Gasteiger partial charge in [-0.05, 0) is 49.4 Å². The van der Waals surface area contributed by atoms with Gasteiger partial charge in [-0.15, -0.1) is 0 Å². The molecule has 6 heteroatoms. The standard InChI is InChI=1S/C25H23N5O/c1-17-6-4-8-20-21(12-22(29-24(17)20)19-14-27-16-28-15-19)25(31)30-11-3-2-9-23(30)18-7-5-10-26-13-18/h4-8,10,12-16,23H,2-3,9,11H2,1H3/t23-/m1/s1. The lowest BCUT2D eigenvalue weighted by atomic mass is 9.94. The fraction of sp³-hybridized carbons (Fsp3) is 0.240. The lowest BCUT2D eigenvalue weighted by molar-refractivity contribution is 0.0613. The third-order valence-electron chi connectivity index (χ3n) is 5.96. The second-order valence-corrected chi connectivity index (χ2v) is 7.95. The van der Waals surface area contributed by atoms with Gasteiger partial charge >= 0.3 is 0 Å². The van der Waals surface area contributed by atoms with Gasteiger partial charge in [0, 0.05) is 42.3 Å². The van der Waals surface area contributed by atoms with Crippen molar-refractivity contribution in [3.05, 3.63) is 84.2 Å². The Kier molecular flexibility index (Phi) is 5.12. The van der Waals surface area contributed by atoms with E-state index < -0.39 is 0 Å². The molecule has 1 fully saturated rings. The predicted octanol–water partition coefficient (Wildman–Crippen LogP) is 4.76. The van der Waals surface area contributed by atoms with E-state index in [1.54, 1.807) is 18.6 Å². The first-order chi connectivity index (χ1) is 15.2. The number of para-hydroxylation sites is 1. The van der Waals surface area contributed by atoms with Gasteiger partial charge in [0.05, 0.1) is 22.8 Å². The number of pyridine rings is 2. The van der Waals surface area contributed by atoms with Crippen LogP contribution in [0.1, 0.15) is 46.8 Å². The number of aryl methyl sites for hydroxylation is 1. The number of amides is 1. The molecule has 3 aromatic heterocycles. The van der Waals surface area contributed by atoms with Crippen LogP contribution in [0.25, 0.3) is 22.2 Å². The molecule has 1 aliphatic heterocycles. The Labute approximate surface area is 181 Å². The number of hydrogen-bond acceptors (Lipinski definition) is 5. The number of nitrogens with zero attached hydrogens (tertiary/aromatic N) is 5. The summed E-state index contributed by atoms with van der Waals surface area (Å²) in [5.74, 6) is 0.0321. The predicted molar refractivity (Wildman–Crippen MR) is 119 cm³/mol. The van der Waals surface area contributed by atoms with Gasteiger partial charge in [-0.1, -0.05) is 24.3 Å². The van der Waals surface area contributed by atoms with E-state index in [1.807, 2.05) is 48.4 Å². The van der Waals surface area contributed by atoms with Gasteiger partial charge in [0.15, 0.2) is 0 Å². The highest BCUT2D eigenvalue weighted by atomic mass is 16.2. The first-order valence-electron chi connectivity index (χ1n) is 10.6. The molecule has 6 nitrogen and oxygen atoms in total. The maximum Gasteiger partial charge on any atom is 0.255 e. The largest absolute Gasteiger partial charge is 0.332 e. The summed E-state index contributed by atoms with van der Waals surface area (Å²) in [6, 6.07) is 11.9. The Morgan fingerprint density at radius 2 is 1.90 bits per heavy atom. The fourth-order valence-corrected chi connectivity index (χ4v) is 4.40. The third-order valence-corrected chi connectivity index (χ3v) is 5.96. The highest BCUT2D eigenvalue weighted by Gasteiger charge is 2.30. The Hall–Kier alpha value is -3.67. The van der Waals surface area contributed by atoms with Crippen molar-refractivity contribution >= 4 is 16.8 Å². The zero-order chi connectivity index (χ0) is 21.2. The monoisotopic (exact) mass is 409 g/mol. The van der Waals surface area contributed by atoms with Crippen LogP contribution in [0.5, 0.6) is 0 Å². The van der Waals surface area contributed by atoms with Gasteiger partial charge in [-0.25, -0.2) is 15.0 Å². The number of carbonyl (C=O) groups excluding carboxylic acids is 1. The summed E-state index contributed by atoms with van der Waals surface area (Å²) >= 11 is 0. The molecule has 0 N–H and O–H groups in total. The molecule has 1 atom stereocenters. The smallest absolute Gasteiger partial charge is 0.255 e. The maximum atomic E-state index is 13.9. The van der Waals surface area contributed by atoms with E-state index in [0.717, 1.165) is 53.4 Å². The van der Waals surface area contributed by atoms with Gasteiger partial charge in [0.25, 0.3) is 5.91 Å². The lowest BCUT2D eigenvalue weighted by Gasteiger charge is -2.36. The summed E-state index contributed by atoms with van der Waals surface area (Å²) in [4.78, 5) is 33.3. The Morgan fingerprint density at radius 3 is 2.71 bits per heavy atom. The molecule has 0 aliphatic carbocycles. The molecule has 0 spiro atoms. The first kappa shape index (κ1) is 19.3. The minimum Gasteiger partial charge on any atom is -0.332 e. The molecule has 0 saturated carbocycles. The molecule has 0 bridgehead atoms. The van der Waals surface area contributed by atoms with Crippen molar-refractivity contribution in [3.8, 4) is 11.3 Å². The number of carbonyl (C=O) groups is 1. The molecule has 0 radical (unpaired) electrons. The summed E-state index contributed by atoms with van der Waals surface area (Å²) in [5, 5.41) is 0.876. The van der Waals surface area contributed by atoms with Crippen LogP contribution >= 0.6 is 0 Å². The number of fused-ring (bicyclic) bond motifs is 1. The fourth-order valence-electron chi connectivity index (χ4n) is 4.40. The van der Waals surface area contributed by atoms with Gasteiger partial charge in [-0.2, -0.15) is 0 Å². The molecule has 1 aromatic carbocycles. The van der Waals surface area contributed by atoms with E-state index in [9.17, 15) is 4.79 Å². The highest BCUT2D eigenvalue weighted by molar-refractivity contribution is 6.08. The molecule has 4 heterocycles. The van der Waals surface area contributed by atoms with E-state index in [0.29, 0.717) is 11.3 Å². The van der Waals surface area contributed by atoms with Crippen molar-refractivity contribution < 1.29 is 4.79 Å². The third kappa shape index (κ3) is 3.65. The average Bonchev–Trinajstić information content (AvgIpc) is 2.84. The Morgan fingerprint density at radius 1 is 1.03 bits per heavy atom. The molecule has 1 saturated heterocycles. The molecule has 1 amide bonds. The Balaban J connectivity index is 1.64. The van der Waals surface area contributed by atoms with Crippen molar-refractivity contribution in [2.75, 3.05) is 6.54 Å². The molecular formula is C25H23N5O. The SMILES string of the molecule is Cc1cccc2c(C(=O)N3CCCC[C@@H]3c3cccnc3)cc(-c3cncnc3)nc12. The summed E-state index contributed by atoms with van der Waals surface area (Å²) in [6.45, 7) is 2.76. The van der Waals surface area contributed by atoms with E-state index in [-0.39, 0.29) is 11.9 Å². The summed E-state index contributed by atoms with van der Waals surface area (Å²) in [6.07, 6.45) is 11.6. The topological polar surface area (TPSA) is 71.9 Å². The quantitative estimate of drug-likeness (QED) is 0.488. The molecule has 0 unspecified atom stereocenters. The van der Waals surface area contributed by atoms with Crippen molar-refractivity contribution in [1.29, 1.82) is 0 Å². The minimum atomic E-state index is 0.0321. The van der Waals surface area contributed by atoms with E-state index in [2.05, 4.69) is 21.0 Å². The Bertz CT molecular complexity index is 1230. The lowest BCUT2D eigenvalue weighted by Crippen LogP contribution is -2.38. The molecule has 5 rings (SSSR count). The number of piperidine rings is 1. The van der Waals surface area contributed by atoms with Crippen LogP contribution < -0.4 is 0 Å². The van der Waals surface area contributed by atoms with Gasteiger partial charge < -0.3 is 4.90 Å². The van der Waals surface area contributed by atoms with Crippen LogP contribution in [0.3, 0.4) is 0 Å². The van der Waals surface area contributed by atoms with Crippen LogP contribution in [-0.4, -0.2) is 37.3 Å². The van der Waals surface area contributed by atoms with E-state index >= 15 is 0 Å².